The van der Waals surface area contributed by atoms with E-state index in [1.165, 1.54) is 11.1 Å². The van der Waals surface area contributed by atoms with Crippen LogP contribution in [0.2, 0.25) is 0 Å². The molecule has 4 rings (SSSR count). The minimum Gasteiger partial charge on any atom is -0.382 e. The average molecular weight is 267 g/mol. The molecule has 1 aromatic carbocycles. The zero-order valence-corrected chi connectivity index (χ0v) is 11.2. The third kappa shape index (κ3) is 1.64. The molecule has 2 N–H and O–H groups in total. The minimum atomic E-state index is 0.294. The SMILES string of the molecule is Nc1nc([C@H]2CCc3ccccc32)nc2ccsc12. The summed E-state index contributed by atoms with van der Waals surface area (Å²) in [6.07, 6.45) is 2.18. The Morgan fingerprint density at radius 3 is 3.00 bits per heavy atom. The number of nitrogens with two attached hydrogens (primary N) is 1. The highest BCUT2D eigenvalue weighted by Gasteiger charge is 2.26. The molecule has 0 amide bonds. The number of anilines is 1. The van der Waals surface area contributed by atoms with Gasteiger partial charge in [-0.3, -0.25) is 0 Å². The normalized spacial score (nSPS) is 17.8. The Morgan fingerprint density at radius 2 is 2.05 bits per heavy atom. The maximum atomic E-state index is 6.05. The van der Waals surface area contributed by atoms with Crippen LogP contribution in [0.1, 0.15) is 29.3 Å². The molecule has 0 radical (unpaired) electrons. The lowest BCUT2D eigenvalue weighted by Gasteiger charge is -2.11. The first-order valence-corrected chi connectivity index (χ1v) is 7.29. The van der Waals surface area contributed by atoms with Gasteiger partial charge in [0.1, 0.15) is 11.6 Å². The van der Waals surface area contributed by atoms with Crippen LogP contribution in [0, 0.1) is 0 Å². The van der Waals surface area contributed by atoms with Crippen LogP contribution >= 0.6 is 11.3 Å². The first-order chi connectivity index (χ1) is 9.33. The first-order valence-electron chi connectivity index (χ1n) is 6.41. The van der Waals surface area contributed by atoms with Gasteiger partial charge in [0.25, 0.3) is 0 Å². The summed E-state index contributed by atoms with van der Waals surface area (Å²) in [7, 11) is 0. The quantitative estimate of drug-likeness (QED) is 0.735. The summed E-state index contributed by atoms with van der Waals surface area (Å²) in [5, 5.41) is 2.02. The molecule has 0 spiro atoms. The summed E-state index contributed by atoms with van der Waals surface area (Å²) in [5.74, 6) is 1.77. The van der Waals surface area contributed by atoms with Crippen molar-refractivity contribution in [2.24, 2.45) is 0 Å². The lowest BCUT2D eigenvalue weighted by Crippen LogP contribution is -2.05. The molecule has 2 heterocycles. The van der Waals surface area contributed by atoms with Crippen LogP contribution < -0.4 is 5.73 Å². The topological polar surface area (TPSA) is 51.8 Å². The van der Waals surface area contributed by atoms with E-state index < -0.39 is 0 Å². The molecule has 94 valence electrons. The van der Waals surface area contributed by atoms with Gasteiger partial charge in [0, 0.05) is 5.92 Å². The van der Waals surface area contributed by atoms with Gasteiger partial charge in [0.15, 0.2) is 0 Å². The third-order valence-corrected chi connectivity index (χ3v) is 4.72. The van der Waals surface area contributed by atoms with Crippen molar-refractivity contribution >= 4 is 27.4 Å². The lowest BCUT2D eigenvalue weighted by molar-refractivity contribution is 0.736. The van der Waals surface area contributed by atoms with Crippen molar-refractivity contribution in [3.05, 3.63) is 52.7 Å². The zero-order chi connectivity index (χ0) is 12.8. The summed E-state index contributed by atoms with van der Waals surface area (Å²) in [4.78, 5) is 9.23. The van der Waals surface area contributed by atoms with Gasteiger partial charge in [0.2, 0.25) is 0 Å². The van der Waals surface area contributed by atoms with Gasteiger partial charge in [-0.2, -0.15) is 0 Å². The number of hydrogen-bond acceptors (Lipinski definition) is 4. The molecule has 19 heavy (non-hydrogen) atoms. The van der Waals surface area contributed by atoms with Crippen molar-refractivity contribution in [1.82, 2.24) is 9.97 Å². The molecule has 1 aliphatic carbocycles. The second-order valence-electron chi connectivity index (χ2n) is 4.89. The highest BCUT2D eigenvalue weighted by Crippen LogP contribution is 2.37. The summed E-state index contributed by atoms with van der Waals surface area (Å²) in [6.45, 7) is 0. The fraction of sp³-hybridized carbons (Fsp3) is 0.200. The van der Waals surface area contributed by atoms with Crippen molar-refractivity contribution in [1.29, 1.82) is 0 Å². The van der Waals surface area contributed by atoms with Gasteiger partial charge >= 0.3 is 0 Å². The number of fused-ring (bicyclic) bond motifs is 2. The molecule has 0 unspecified atom stereocenters. The van der Waals surface area contributed by atoms with E-state index in [4.69, 9.17) is 10.7 Å². The summed E-state index contributed by atoms with van der Waals surface area (Å²) < 4.78 is 0.995. The second kappa shape index (κ2) is 4.03. The van der Waals surface area contributed by atoms with Crippen LogP contribution in [0.5, 0.6) is 0 Å². The molecule has 0 saturated carbocycles. The highest BCUT2D eigenvalue weighted by molar-refractivity contribution is 7.17. The number of aryl methyl sites for hydroxylation is 1. The predicted octanol–water partition coefficient (Wildman–Crippen LogP) is 3.35. The number of aromatic nitrogens is 2. The minimum absolute atomic E-state index is 0.294. The summed E-state index contributed by atoms with van der Waals surface area (Å²) in [6, 6.07) is 10.6. The van der Waals surface area contributed by atoms with Gasteiger partial charge in [-0.05, 0) is 35.4 Å². The van der Waals surface area contributed by atoms with E-state index in [1.807, 2.05) is 11.4 Å². The van der Waals surface area contributed by atoms with Gasteiger partial charge in [-0.1, -0.05) is 24.3 Å². The van der Waals surface area contributed by atoms with E-state index >= 15 is 0 Å². The van der Waals surface area contributed by atoms with Crippen molar-refractivity contribution in [2.75, 3.05) is 5.73 Å². The molecule has 0 fully saturated rings. The molecule has 0 saturated heterocycles. The molecule has 1 aliphatic rings. The number of nitrogens with zero attached hydrogens (tertiary/aromatic N) is 2. The molecule has 3 nitrogen and oxygen atoms in total. The Hall–Kier alpha value is -1.94. The average Bonchev–Trinajstić information content (AvgIpc) is 3.04. The third-order valence-electron chi connectivity index (χ3n) is 3.79. The van der Waals surface area contributed by atoms with Crippen LogP contribution in [0.15, 0.2) is 35.7 Å². The summed E-state index contributed by atoms with van der Waals surface area (Å²) >= 11 is 1.60. The Morgan fingerprint density at radius 1 is 1.16 bits per heavy atom. The van der Waals surface area contributed by atoms with Gasteiger partial charge in [-0.25, -0.2) is 9.97 Å². The van der Waals surface area contributed by atoms with Crippen LogP contribution in [0.3, 0.4) is 0 Å². The maximum absolute atomic E-state index is 6.05. The van der Waals surface area contributed by atoms with Gasteiger partial charge in [0.05, 0.1) is 10.2 Å². The highest BCUT2D eigenvalue weighted by atomic mass is 32.1. The number of hydrogen-bond donors (Lipinski definition) is 1. The smallest absolute Gasteiger partial charge is 0.145 e. The molecule has 0 aliphatic heterocycles. The molecular formula is C15H13N3S. The maximum Gasteiger partial charge on any atom is 0.145 e. The molecule has 4 heteroatoms. The first kappa shape index (κ1) is 10.9. The molecule has 2 aromatic heterocycles. The standard InChI is InChI=1S/C15H13N3S/c16-14-13-12(7-8-19-13)17-15(18-14)11-6-5-9-3-1-2-4-10(9)11/h1-4,7-8,11H,5-6H2,(H2,16,17,18)/t11-/m0/s1. The number of rotatable bonds is 1. The number of benzene rings is 1. The van der Waals surface area contributed by atoms with E-state index in [2.05, 4.69) is 29.2 Å². The molecule has 1 atom stereocenters. The zero-order valence-electron chi connectivity index (χ0n) is 10.3. The number of thiophene rings is 1. The van der Waals surface area contributed by atoms with E-state index in [1.54, 1.807) is 11.3 Å². The van der Waals surface area contributed by atoms with E-state index in [9.17, 15) is 0 Å². The van der Waals surface area contributed by atoms with Gasteiger partial charge < -0.3 is 5.73 Å². The van der Waals surface area contributed by atoms with Crippen LogP contribution in [-0.4, -0.2) is 9.97 Å². The Bertz CT molecular complexity index is 763. The van der Waals surface area contributed by atoms with Crippen molar-refractivity contribution < 1.29 is 0 Å². The van der Waals surface area contributed by atoms with Crippen LogP contribution in [-0.2, 0) is 6.42 Å². The Kier molecular flexibility index (Phi) is 2.32. The molecule has 0 bridgehead atoms. The van der Waals surface area contributed by atoms with Crippen molar-refractivity contribution in [2.45, 2.75) is 18.8 Å². The van der Waals surface area contributed by atoms with E-state index in [0.29, 0.717) is 11.7 Å². The van der Waals surface area contributed by atoms with E-state index in [-0.39, 0.29) is 0 Å². The monoisotopic (exact) mass is 267 g/mol. The van der Waals surface area contributed by atoms with E-state index in [0.717, 1.165) is 28.9 Å². The lowest BCUT2D eigenvalue weighted by atomic mass is 10.0. The Labute approximate surface area is 115 Å². The predicted molar refractivity (Wildman–Crippen MR) is 78.4 cm³/mol. The van der Waals surface area contributed by atoms with Crippen LogP contribution in [0.25, 0.3) is 10.2 Å². The van der Waals surface area contributed by atoms with Crippen LogP contribution in [0.4, 0.5) is 5.82 Å². The largest absolute Gasteiger partial charge is 0.382 e. The van der Waals surface area contributed by atoms with Crippen molar-refractivity contribution in [3.63, 3.8) is 0 Å². The molecular weight excluding hydrogens is 254 g/mol. The van der Waals surface area contributed by atoms with Crippen molar-refractivity contribution in [3.8, 4) is 0 Å². The fourth-order valence-electron chi connectivity index (χ4n) is 2.89. The number of nitrogen functional groups attached to an aromatic ring is 1. The molecule has 3 aromatic rings. The second-order valence-corrected chi connectivity index (χ2v) is 5.81. The van der Waals surface area contributed by atoms with Gasteiger partial charge in [-0.15, -0.1) is 11.3 Å². The fourth-order valence-corrected chi connectivity index (χ4v) is 3.62. The summed E-state index contributed by atoms with van der Waals surface area (Å²) in [5.41, 5.74) is 9.79. The Balaban J connectivity index is 1.87.